The standard InChI is InChI=1S/C14H27B2O14P4.Y/c1-8-4-13(15)27-11(8)5-25-33(21,22)29-31(17,18)7-32(19,20)30-34(23,24)26-6-12-9(2)10(3)14(16)28-12;/h4,8-14H,5-7H2,1-3H3,(H,17,18)(H,19,20)(H,21,22)(H,23,24);/q-1;/p-2/t8?,9-,10?,11-,12-,13-,14-;/m1./s1. The van der Waals surface area contributed by atoms with Gasteiger partial charge < -0.3 is 44.6 Å². The number of hydrogen-bond donors (Lipinski definition) is 2. The topological polar surface area (TPSA) is 210 Å². The Morgan fingerprint density at radius 1 is 0.857 bits per heavy atom. The summed E-state index contributed by atoms with van der Waals surface area (Å²) in [6, 6.07) is -1.41. The summed E-state index contributed by atoms with van der Waals surface area (Å²) in [5.41, 5.74) is 0. The number of phosphoric acid groups is 2. The van der Waals surface area contributed by atoms with Crippen LogP contribution in [-0.2, 0) is 78.1 Å². The molecule has 0 amide bonds. The van der Waals surface area contributed by atoms with Gasteiger partial charge in [0.25, 0.3) is 0 Å². The largest absolute Gasteiger partial charge is 0.778 e. The van der Waals surface area contributed by atoms with E-state index in [-0.39, 0.29) is 50.5 Å². The number of hydrogen-bond acceptors (Lipinski definition) is 12. The van der Waals surface area contributed by atoms with Crippen molar-refractivity contribution >= 4 is 46.5 Å². The van der Waals surface area contributed by atoms with Crippen LogP contribution in [0.25, 0.3) is 0 Å². The van der Waals surface area contributed by atoms with E-state index in [9.17, 15) is 37.8 Å². The van der Waals surface area contributed by atoms with Gasteiger partial charge in [0, 0.05) is 38.7 Å². The van der Waals surface area contributed by atoms with Crippen molar-refractivity contribution in [3.63, 3.8) is 0 Å². The van der Waals surface area contributed by atoms with Gasteiger partial charge in [0.05, 0.1) is 39.2 Å². The van der Waals surface area contributed by atoms with Gasteiger partial charge in [0.1, 0.15) is 7.85 Å². The van der Waals surface area contributed by atoms with Crippen molar-refractivity contribution in [3.05, 3.63) is 6.42 Å². The maximum atomic E-state index is 12.0. The van der Waals surface area contributed by atoms with Crippen molar-refractivity contribution < 1.29 is 97.7 Å². The van der Waals surface area contributed by atoms with Crippen LogP contribution < -0.4 is 9.79 Å². The maximum absolute atomic E-state index is 12.0. The SMILES string of the molecule is [B][C@@H]1O[C@H](COP(=O)(O)OP(=O)([O-])CP(=O)([O-])OP(=O)(O)OC[C@H]2O[C@@H]([B])[CH-]C2C)[C@H](C)C1C.[Y]. The van der Waals surface area contributed by atoms with E-state index in [0.717, 1.165) is 0 Å². The van der Waals surface area contributed by atoms with Crippen LogP contribution >= 0.6 is 30.8 Å². The second-order valence-corrected chi connectivity index (χ2v) is 15.4. The molecular formula is C14H25B2O14P4Y-3. The van der Waals surface area contributed by atoms with Crippen molar-refractivity contribution in [3.8, 4) is 0 Å². The summed E-state index contributed by atoms with van der Waals surface area (Å²) in [6.07, 6.45) is 0.0514. The first-order valence-corrected chi connectivity index (χ1v) is 16.4. The Hall–Kier alpha value is 1.75. The van der Waals surface area contributed by atoms with Gasteiger partial charge in [0.15, 0.2) is 15.2 Å². The molecule has 2 aliphatic rings. The molecule has 0 saturated carbocycles. The molecule has 0 spiro atoms. The Morgan fingerprint density at radius 2 is 1.31 bits per heavy atom. The molecular weight excluding hydrogens is 627 g/mol. The van der Waals surface area contributed by atoms with Crippen molar-refractivity contribution in [2.45, 2.75) is 45.0 Å². The molecule has 2 N–H and O–H groups in total. The zero-order valence-corrected chi connectivity index (χ0v) is 25.5. The molecule has 2 saturated heterocycles. The Bertz CT molecular complexity index is 912. The Balaban J connectivity index is 0.00000612. The predicted octanol–water partition coefficient (Wildman–Crippen LogP) is 0.215. The molecule has 6 unspecified atom stereocenters. The van der Waals surface area contributed by atoms with Gasteiger partial charge in [-0.25, -0.2) is 17.8 Å². The Labute approximate surface area is 231 Å². The van der Waals surface area contributed by atoms with E-state index < -0.39 is 74.2 Å². The summed E-state index contributed by atoms with van der Waals surface area (Å²) in [4.78, 5) is 43.3. The summed E-state index contributed by atoms with van der Waals surface area (Å²) in [5.74, 6) is -2.64. The van der Waals surface area contributed by atoms with E-state index in [1.165, 1.54) is 0 Å². The number of ether oxygens (including phenoxy) is 2. The molecule has 0 bridgehead atoms. The Morgan fingerprint density at radius 3 is 1.69 bits per heavy atom. The van der Waals surface area contributed by atoms with Crippen molar-refractivity contribution in [1.29, 1.82) is 0 Å². The minimum absolute atomic E-state index is 0. The molecule has 11 atom stereocenters. The zero-order chi connectivity index (χ0) is 26.1. The zero-order valence-electron chi connectivity index (χ0n) is 19.1. The van der Waals surface area contributed by atoms with Crippen LogP contribution in [-0.4, -0.2) is 68.8 Å². The van der Waals surface area contributed by atoms with Crippen LogP contribution in [0, 0.1) is 24.2 Å². The van der Waals surface area contributed by atoms with Crippen LogP contribution in [0.3, 0.4) is 0 Å². The minimum atomic E-state index is -5.67. The van der Waals surface area contributed by atoms with E-state index in [2.05, 4.69) is 17.7 Å². The molecule has 0 aromatic heterocycles. The molecule has 2 fully saturated rings. The van der Waals surface area contributed by atoms with Gasteiger partial charge in [-0.2, -0.15) is 0 Å². The van der Waals surface area contributed by atoms with Crippen LogP contribution in [0.5, 0.6) is 0 Å². The third kappa shape index (κ3) is 11.4. The average Bonchev–Trinajstić information content (AvgIpc) is 3.07. The van der Waals surface area contributed by atoms with Gasteiger partial charge in [-0.3, -0.25) is 9.05 Å². The second-order valence-electron chi connectivity index (χ2n) is 8.10. The molecule has 14 nitrogen and oxygen atoms in total. The fourth-order valence-corrected chi connectivity index (χ4v) is 9.83. The molecule has 5 radical (unpaired) electrons. The Kier molecular flexibility index (Phi) is 13.3. The summed E-state index contributed by atoms with van der Waals surface area (Å²) >= 11 is 0. The van der Waals surface area contributed by atoms with Gasteiger partial charge in [0.2, 0.25) is 0 Å². The van der Waals surface area contributed by atoms with Crippen LogP contribution in [0.1, 0.15) is 20.8 Å². The molecule has 21 heteroatoms. The smallest absolute Gasteiger partial charge is 0.477 e. The third-order valence-electron chi connectivity index (χ3n) is 5.28. The number of rotatable bonds is 12. The first-order valence-electron chi connectivity index (χ1n) is 9.96. The van der Waals surface area contributed by atoms with Crippen molar-refractivity contribution in [2.75, 3.05) is 19.1 Å². The number of phosphoric ester groups is 2. The van der Waals surface area contributed by atoms with Crippen LogP contribution in [0.4, 0.5) is 0 Å². The summed E-state index contributed by atoms with van der Waals surface area (Å²) in [5, 5.41) is 0. The van der Waals surface area contributed by atoms with Gasteiger partial charge >= 0.3 is 15.6 Å². The van der Waals surface area contributed by atoms with E-state index in [1.807, 2.05) is 0 Å². The van der Waals surface area contributed by atoms with Crippen molar-refractivity contribution in [2.24, 2.45) is 17.8 Å². The molecule has 0 aromatic carbocycles. The van der Waals surface area contributed by atoms with Crippen molar-refractivity contribution in [1.82, 2.24) is 0 Å². The molecule has 0 aromatic rings. The summed E-state index contributed by atoms with van der Waals surface area (Å²) in [6.45, 7) is 4.02. The van der Waals surface area contributed by atoms with E-state index in [0.29, 0.717) is 0 Å². The molecule has 197 valence electrons. The van der Waals surface area contributed by atoms with E-state index in [1.54, 1.807) is 27.2 Å². The fourth-order valence-electron chi connectivity index (χ4n) is 3.22. The predicted molar refractivity (Wildman–Crippen MR) is 114 cm³/mol. The van der Waals surface area contributed by atoms with Gasteiger partial charge in [-0.05, 0) is 11.8 Å². The maximum Gasteiger partial charge on any atom is 0.477 e. The molecule has 2 rings (SSSR count). The molecule has 0 aliphatic carbocycles. The first-order chi connectivity index (χ1) is 15.3. The normalized spacial score (nSPS) is 38.0. The molecule has 2 aliphatic heterocycles. The third-order valence-corrected chi connectivity index (χ3v) is 12.6. The average molecular weight is 652 g/mol. The van der Waals surface area contributed by atoms with E-state index >= 15 is 0 Å². The van der Waals surface area contributed by atoms with E-state index in [4.69, 9.17) is 25.2 Å². The molecule has 35 heavy (non-hydrogen) atoms. The second kappa shape index (κ2) is 13.4. The summed E-state index contributed by atoms with van der Waals surface area (Å²) < 4.78 is 75.5. The first kappa shape index (κ1) is 34.8. The quantitative estimate of drug-likeness (QED) is 0.164. The fraction of sp³-hybridized carbons (Fsp3) is 0.929. The van der Waals surface area contributed by atoms with Gasteiger partial charge in [-0.15, -0.1) is 5.92 Å². The van der Waals surface area contributed by atoms with Gasteiger partial charge in [-0.1, -0.05) is 26.8 Å². The minimum Gasteiger partial charge on any atom is -0.778 e. The molecule has 2 heterocycles. The monoisotopic (exact) mass is 652 g/mol. The summed E-state index contributed by atoms with van der Waals surface area (Å²) in [7, 11) is -10.7. The van der Waals surface area contributed by atoms with Crippen LogP contribution in [0.15, 0.2) is 0 Å². The van der Waals surface area contributed by atoms with Crippen LogP contribution in [0.2, 0.25) is 0 Å².